The van der Waals surface area contributed by atoms with Crippen LogP contribution in [0.1, 0.15) is 0 Å². The Labute approximate surface area is 52.8 Å². The van der Waals surface area contributed by atoms with Crippen molar-refractivity contribution in [1.29, 1.82) is 5.26 Å². The standard InChI is InChI=1S/C3H4ClNO2S/c1-8(6,7)3(4)2-5/h3H,1H3. The first kappa shape index (κ1) is 7.73. The van der Waals surface area contributed by atoms with Gasteiger partial charge in [-0.05, 0) is 0 Å². The van der Waals surface area contributed by atoms with Crippen LogP contribution in [0.25, 0.3) is 0 Å². The van der Waals surface area contributed by atoms with E-state index in [2.05, 4.69) is 0 Å². The van der Waals surface area contributed by atoms with E-state index in [1.165, 1.54) is 6.07 Å². The third-order valence-corrected chi connectivity index (χ3v) is 2.40. The highest BCUT2D eigenvalue weighted by Gasteiger charge is 2.14. The molecule has 0 N–H and O–H groups in total. The molecule has 0 rings (SSSR count). The lowest BCUT2D eigenvalue weighted by atomic mass is 10.9. The zero-order valence-electron chi connectivity index (χ0n) is 4.13. The van der Waals surface area contributed by atoms with E-state index in [4.69, 9.17) is 16.9 Å². The van der Waals surface area contributed by atoms with Gasteiger partial charge in [-0.2, -0.15) is 5.26 Å². The second kappa shape index (κ2) is 2.33. The van der Waals surface area contributed by atoms with E-state index in [1.54, 1.807) is 0 Å². The molecule has 0 bridgehead atoms. The molecule has 0 radical (unpaired) electrons. The van der Waals surface area contributed by atoms with Gasteiger partial charge in [0.15, 0.2) is 9.84 Å². The van der Waals surface area contributed by atoms with Gasteiger partial charge in [0.05, 0.1) is 6.07 Å². The molecule has 46 valence electrons. The van der Waals surface area contributed by atoms with Crippen LogP contribution in [0, 0.1) is 11.3 Å². The summed E-state index contributed by atoms with van der Waals surface area (Å²) >= 11 is 4.99. The Morgan fingerprint density at radius 1 is 1.75 bits per heavy atom. The van der Waals surface area contributed by atoms with E-state index in [-0.39, 0.29) is 0 Å². The predicted octanol–water partition coefficient (Wildman–Crippen LogP) is 0.119. The molecule has 0 amide bonds. The van der Waals surface area contributed by atoms with Crippen molar-refractivity contribution in [2.45, 2.75) is 4.71 Å². The van der Waals surface area contributed by atoms with Gasteiger partial charge in [-0.15, -0.1) is 0 Å². The molecule has 3 nitrogen and oxygen atoms in total. The van der Waals surface area contributed by atoms with Crippen molar-refractivity contribution in [3.8, 4) is 6.07 Å². The van der Waals surface area contributed by atoms with Crippen LogP contribution < -0.4 is 0 Å². The Morgan fingerprint density at radius 2 is 2.12 bits per heavy atom. The first-order valence-corrected chi connectivity index (χ1v) is 4.10. The Morgan fingerprint density at radius 3 is 2.12 bits per heavy atom. The molecular formula is C3H4ClNO2S. The largest absolute Gasteiger partial charge is 0.226 e. The minimum atomic E-state index is -3.35. The Hall–Kier alpha value is -0.270. The molecule has 0 fully saturated rings. The first-order valence-electron chi connectivity index (χ1n) is 1.71. The van der Waals surface area contributed by atoms with Crippen molar-refractivity contribution >= 4 is 21.4 Å². The van der Waals surface area contributed by atoms with Gasteiger partial charge < -0.3 is 0 Å². The van der Waals surface area contributed by atoms with Gasteiger partial charge in [-0.1, -0.05) is 11.6 Å². The summed E-state index contributed by atoms with van der Waals surface area (Å²) < 4.78 is 19.0. The highest BCUT2D eigenvalue weighted by Crippen LogP contribution is 2.00. The van der Waals surface area contributed by atoms with E-state index in [1.807, 2.05) is 0 Å². The molecule has 0 saturated heterocycles. The number of rotatable bonds is 1. The SMILES string of the molecule is CS(=O)(=O)C(Cl)C#N. The zero-order chi connectivity index (χ0) is 6.78. The molecule has 0 heterocycles. The quantitative estimate of drug-likeness (QED) is 0.503. The van der Waals surface area contributed by atoms with Gasteiger partial charge >= 0.3 is 0 Å². The molecule has 1 atom stereocenters. The third kappa shape index (κ3) is 2.15. The summed E-state index contributed by atoms with van der Waals surface area (Å²) in [5, 5.41) is 7.91. The maximum absolute atomic E-state index is 10.2. The van der Waals surface area contributed by atoms with Gasteiger partial charge in [-0.3, -0.25) is 0 Å². The average molecular weight is 154 g/mol. The molecular weight excluding hydrogens is 150 g/mol. The predicted molar refractivity (Wildman–Crippen MR) is 30.1 cm³/mol. The fraction of sp³-hybridized carbons (Fsp3) is 0.667. The summed E-state index contributed by atoms with van der Waals surface area (Å²) in [6.45, 7) is 0. The van der Waals surface area contributed by atoms with Gasteiger partial charge in [0.2, 0.25) is 4.71 Å². The molecule has 0 spiro atoms. The zero-order valence-corrected chi connectivity index (χ0v) is 5.70. The summed E-state index contributed by atoms with van der Waals surface area (Å²) in [6, 6.07) is 1.38. The van der Waals surface area contributed by atoms with Crippen LogP contribution in [0.4, 0.5) is 0 Å². The highest BCUT2D eigenvalue weighted by atomic mass is 35.5. The van der Waals surface area contributed by atoms with Crippen LogP contribution in [0.2, 0.25) is 0 Å². The molecule has 0 aromatic rings. The number of nitriles is 1. The third-order valence-electron chi connectivity index (χ3n) is 0.477. The Balaban J connectivity index is 4.34. The lowest BCUT2D eigenvalue weighted by Crippen LogP contribution is -2.09. The van der Waals surface area contributed by atoms with Gasteiger partial charge in [0.25, 0.3) is 0 Å². The van der Waals surface area contributed by atoms with Crippen LogP contribution in [-0.4, -0.2) is 19.4 Å². The molecule has 8 heavy (non-hydrogen) atoms. The summed E-state index contributed by atoms with van der Waals surface area (Å²) in [4.78, 5) is 0. The number of sulfone groups is 1. The van der Waals surface area contributed by atoms with E-state index >= 15 is 0 Å². The molecule has 0 aromatic heterocycles. The molecule has 1 unspecified atom stereocenters. The van der Waals surface area contributed by atoms with Gasteiger partial charge in [0, 0.05) is 6.26 Å². The smallest absolute Gasteiger partial charge is 0.220 e. The van der Waals surface area contributed by atoms with Crippen LogP contribution in [0.15, 0.2) is 0 Å². The average Bonchev–Trinajstić information content (AvgIpc) is 1.62. The van der Waals surface area contributed by atoms with Crippen molar-refractivity contribution in [3.05, 3.63) is 0 Å². The molecule has 0 aliphatic heterocycles. The summed E-state index contributed by atoms with van der Waals surface area (Å²) in [5.41, 5.74) is 0. The number of nitrogens with zero attached hydrogens (tertiary/aromatic N) is 1. The van der Waals surface area contributed by atoms with Crippen LogP contribution in [0.3, 0.4) is 0 Å². The van der Waals surface area contributed by atoms with Gasteiger partial charge in [-0.25, -0.2) is 8.42 Å². The second-order valence-electron chi connectivity index (χ2n) is 1.27. The lowest BCUT2D eigenvalue weighted by Gasteiger charge is -1.91. The highest BCUT2D eigenvalue weighted by molar-refractivity contribution is 7.92. The van der Waals surface area contributed by atoms with Crippen LogP contribution in [-0.2, 0) is 9.84 Å². The normalized spacial score (nSPS) is 14.6. The summed E-state index contributed by atoms with van der Waals surface area (Å²) in [6.07, 6.45) is 0.911. The summed E-state index contributed by atoms with van der Waals surface area (Å²) in [5.74, 6) is 0. The number of hydrogen-bond donors (Lipinski definition) is 0. The summed E-state index contributed by atoms with van der Waals surface area (Å²) in [7, 11) is -3.35. The van der Waals surface area contributed by atoms with Gasteiger partial charge in [0.1, 0.15) is 0 Å². The lowest BCUT2D eigenvalue weighted by molar-refractivity contribution is 0.603. The van der Waals surface area contributed by atoms with E-state index in [9.17, 15) is 8.42 Å². The minimum Gasteiger partial charge on any atom is -0.226 e. The maximum Gasteiger partial charge on any atom is 0.220 e. The van der Waals surface area contributed by atoms with Crippen molar-refractivity contribution in [3.63, 3.8) is 0 Å². The van der Waals surface area contributed by atoms with E-state index in [0.29, 0.717) is 0 Å². The molecule has 0 aliphatic carbocycles. The second-order valence-corrected chi connectivity index (χ2v) is 4.10. The van der Waals surface area contributed by atoms with Crippen molar-refractivity contribution in [1.82, 2.24) is 0 Å². The van der Waals surface area contributed by atoms with E-state index < -0.39 is 14.5 Å². The van der Waals surface area contributed by atoms with Crippen LogP contribution >= 0.6 is 11.6 Å². The van der Waals surface area contributed by atoms with E-state index in [0.717, 1.165) is 6.26 Å². The molecule has 0 saturated carbocycles. The van der Waals surface area contributed by atoms with Crippen molar-refractivity contribution in [2.24, 2.45) is 0 Å². The molecule has 0 aliphatic rings. The van der Waals surface area contributed by atoms with Crippen LogP contribution in [0.5, 0.6) is 0 Å². The number of halogens is 1. The maximum atomic E-state index is 10.2. The minimum absolute atomic E-state index is 0.911. The van der Waals surface area contributed by atoms with Crippen molar-refractivity contribution in [2.75, 3.05) is 6.26 Å². The fourth-order valence-electron chi connectivity index (χ4n) is 0.0957. The topological polar surface area (TPSA) is 57.9 Å². The fourth-order valence-corrected chi connectivity index (χ4v) is 0.287. The van der Waals surface area contributed by atoms with Crippen molar-refractivity contribution < 1.29 is 8.42 Å². The first-order chi connectivity index (χ1) is 3.48. The number of alkyl halides is 1. The molecule has 0 aromatic carbocycles. The number of hydrogen-bond acceptors (Lipinski definition) is 3. The molecule has 5 heteroatoms. The Kier molecular flexibility index (Phi) is 2.26. The monoisotopic (exact) mass is 153 g/mol. The Bertz CT molecular complexity index is 202.